The fourth-order valence-corrected chi connectivity index (χ4v) is 2.84. The molecule has 1 atom stereocenters. The van der Waals surface area contributed by atoms with Gasteiger partial charge in [-0.05, 0) is 52.4 Å². The van der Waals surface area contributed by atoms with Gasteiger partial charge in [-0.1, -0.05) is 22.0 Å². The highest BCUT2D eigenvalue weighted by Crippen LogP contribution is 2.29. The second-order valence-electron chi connectivity index (χ2n) is 3.93. The molecule has 0 aliphatic carbocycles. The molecule has 0 radical (unpaired) electrons. The van der Waals surface area contributed by atoms with Gasteiger partial charge in [-0.2, -0.15) is 0 Å². The Bertz CT molecular complexity index is 607. The lowest BCUT2D eigenvalue weighted by Crippen LogP contribution is -2.30. The first kappa shape index (κ1) is 14.8. The first-order valence-corrected chi connectivity index (χ1v) is 7.26. The van der Waals surface area contributed by atoms with Crippen molar-refractivity contribution in [1.29, 1.82) is 0 Å². The molecule has 19 heavy (non-hydrogen) atoms. The number of hydrazine groups is 1. The van der Waals surface area contributed by atoms with Crippen LogP contribution in [0.1, 0.15) is 17.2 Å². The third-order valence-electron chi connectivity index (χ3n) is 2.71. The maximum Gasteiger partial charge on any atom is 0.131 e. The van der Waals surface area contributed by atoms with Gasteiger partial charge in [0.05, 0.1) is 6.04 Å². The third-order valence-corrected chi connectivity index (χ3v) is 4.18. The van der Waals surface area contributed by atoms with Gasteiger partial charge in [0.1, 0.15) is 11.6 Å². The second kappa shape index (κ2) is 6.25. The first-order chi connectivity index (χ1) is 9.02. The van der Waals surface area contributed by atoms with E-state index in [4.69, 9.17) is 5.84 Å². The monoisotopic (exact) mass is 438 g/mol. The molecule has 0 saturated heterocycles. The molecule has 6 heteroatoms. The number of nitrogens with one attached hydrogen (secondary N) is 1. The van der Waals surface area contributed by atoms with Crippen molar-refractivity contribution in [3.05, 3.63) is 67.2 Å². The van der Waals surface area contributed by atoms with Crippen molar-refractivity contribution >= 4 is 38.5 Å². The van der Waals surface area contributed by atoms with Crippen molar-refractivity contribution < 1.29 is 8.78 Å². The molecule has 0 aromatic heterocycles. The summed E-state index contributed by atoms with van der Waals surface area (Å²) in [5.41, 5.74) is 3.70. The van der Waals surface area contributed by atoms with Crippen LogP contribution in [0.4, 0.5) is 8.78 Å². The highest BCUT2D eigenvalue weighted by atomic mass is 127. The predicted octanol–water partition coefficient (Wildman–Crippen LogP) is 3.88. The summed E-state index contributed by atoms with van der Waals surface area (Å²) in [6.07, 6.45) is 0. The van der Waals surface area contributed by atoms with Crippen LogP contribution in [0.15, 0.2) is 40.9 Å². The van der Waals surface area contributed by atoms with Gasteiger partial charge in [0.15, 0.2) is 0 Å². The van der Waals surface area contributed by atoms with E-state index in [1.807, 2.05) is 18.2 Å². The molecule has 2 aromatic rings. The lowest BCUT2D eigenvalue weighted by molar-refractivity contribution is 0.540. The summed E-state index contributed by atoms with van der Waals surface area (Å²) < 4.78 is 28.6. The van der Waals surface area contributed by atoms with E-state index in [9.17, 15) is 8.78 Å². The fourth-order valence-electron chi connectivity index (χ4n) is 1.82. The lowest BCUT2D eigenvalue weighted by atomic mass is 9.99. The molecule has 3 N–H and O–H groups in total. The summed E-state index contributed by atoms with van der Waals surface area (Å²) in [5, 5.41) is 0. The third kappa shape index (κ3) is 3.31. The minimum atomic E-state index is -0.626. The Morgan fingerprint density at radius 2 is 1.84 bits per heavy atom. The molecule has 0 amide bonds. The number of nitrogens with two attached hydrogens (primary N) is 1. The summed E-state index contributed by atoms with van der Waals surface area (Å²) in [6, 6.07) is 8.57. The molecule has 0 aliphatic rings. The second-order valence-corrected chi connectivity index (χ2v) is 6.01. The number of hydrogen-bond acceptors (Lipinski definition) is 2. The van der Waals surface area contributed by atoms with Crippen LogP contribution in [0.2, 0.25) is 0 Å². The average Bonchev–Trinajstić information content (AvgIpc) is 2.36. The predicted molar refractivity (Wildman–Crippen MR) is 82.4 cm³/mol. The van der Waals surface area contributed by atoms with Gasteiger partial charge in [0.25, 0.3) is 0 Å². The Hall–Kier alpha value is -0.570. The summed E-state index contributed by atoms with van der Waals surface area (Å²) >= 11 is 5.52. The van der Waals surface area contributed by atoms with E-state index in [1.165, 1.54) is 12.1 Å². The van der Waals surface area contributed by atoms with Crippen molar-refractivity contribution in [3.8, 4) is 0 Å². The first-order valence-electron chi connectivity index (χ1n) is 5.39. The van der Waals surface area contributed by atoms with Gasteiger partial charge in [-0.25, -0.2) is 14.2 Å². The average molecular weight is 439 g/mol. The van der Waals surface area contributed by atoms with Crippen LogP contribution in [0, 0.1) is 15.2 Å². The summed E-state index contributed by atoms with van der Waals surface area (Å²) in [4.78, 5) is 0. The van der Waals surface area contributed by atoms with E-state index in [2.05, 4.69) is 43.9 Å². The molecule has 0 fully saturated rings. The van der Waals surface area contributed by atoms with Crippen LogP contribution in [-0.4, -0.2) is 0 Å². The van der Waals surface area contributed by atoms with E-state index in [1.54, 1.807) is 0 Å². The van der Waals surface area contributed by atoms with E-state index in [0.717, 1.165) is 19.7 Å². The minimum absolute atomic E-state index is 0.305. The van der Waals surface area contributed by atoms with Crippen LogP contribution < -0.4 is 11.3 Å². The molecule has 0 saturated carbocycles. The Balaban J connectivity index is 2.52. The van der Waals surface area contributed by atoms with Crippen molar-refractivity contribution in [2.24, 2.45) is 5.84 Å². The maximum atomic E-state index is 13.9. The topological polar surface area (TPSA) is 38.0 Å². The van der Waals surface area contributed by atoms with Crippen LogP contribution in [-0.2, 0) is 0 Å². The minimum Gasteiger partial charge on any atom is -0.271 e. The molecular formula is C13H10BrF2IN2. The van der Waals surface area contributed by atoms with Gasteiger partial charge >= 0.3 is 0 Å². The molecule has 0 aliphatic heterocycles. The molecule has 0 spiro atoms. The highest BCUT2D eigenvalue weighted by molar-refractivity contribution is 14.1. The normalized spacial score (nSPS) is 12.5. The van der Waals surface area contributed by atoms with Crippen LogP contribution >= 0.6 is 38.5 Å². The molecule has 2 aromatic carbocycles. The summed E-state index contributed by atoms with van der Waals surface area (Å²) in [5.74, 6) is 4.30. The Morgan fingerprint density at radius 3 is 2.47 bits per heavy atom. The van der Waals surface area contributed by atoms with Crippen molar-refractivity contribution in [2.75, 3.05) is 0 Å². The Morgan fingerprint density at radius 1 is 1.11 bits per heavy atom. The number of benzene rings is 2. The van der Waals surface area contributed by atoms with Gasteiger partial charge in [0.2, 0.25) is 0 Å². The molecule has 2 nitrogen and oxygen atoms in total. The zero-order valence-electron chi connectivity index (χ0n) is 9.63. The molecular weight excluding hydrogens is 429 g/mol. The Kier molecular flexibility index (Phi) is 4.88. The van der Waals surface area contributed by atoms with Gasteiger partial charge in [-0.15, -0.1) is 0 Å². The molecule has 100 valence electrons. The van der Waals surface area contributed by atoms with Gasteiger partial charge in [-0.3, -0.25) is 5.84 Å². The zero-order chi connectivity index (χ0) is 14.0. The number of rotatable bonds is 3. The number of halogens is 4. The summed E-state index contributed by atoms with van der Waals surface area (Å²) in [7, 11) is 0. The van der Waals surface area contributed by atoms with Crippen molar-refractivity contribution in [3.63, 3.8) is 0 Å². The maximum absolute atomic E-state index is 13.9. The van der Waals surface area contributed by atoms with E-state index < -0.39 is 17.7 Å². The quantitative estimate of drug-likeness (QED) is 0.433. The van der Waals surface area contributed by atoms with Crippen LogP contribution in [0.25, 0.3) is 0 Å². The van der Waals surface area contributed by atoms with E-state index in [-0.39, 0.29) is 0 Å². The fraction of sp³-hybridized carbons (Fsp3) is 0.0769. The molecule has 1 unspecified atom stereocenters. The zero-order valence-corrected chi connectivity index (χ0v) is 13.4. The van der Waals surface area contributed by atoms with Gasteiger partial charge < -0.3 is 0 Å². The highest BCUT2D eigenvalue weighted by Gasteiger charge is 2.19. The van der Waals surface area contributed by atoms with Crippen molar-refractivity contribution in [2.45, 2.75) is 6.04 Å². The Labute approximate surface area is 131 Å². The largest absolute Gasteiger partial charge is 0.271 e. The van der Waals surface area contributed by atoms with Crippen LogP contribution in [0.3, 0.4) is 0 Å². The SMILES string of the molecule is NNC(c1ccc(F)cc1F)c1cc(Br)ccc1I. The van der Waals surface area contributed by atoms with Crippen molar-refractivity contribution in [1.82, 2.24) is 5.43 Å². The lowest BCUT2D eigenvalue weighted by Gasteiger charge is -2.19. The molecule has 0 heterocycles. The molecule has 0 bridgehead atoms. The molecule has 2 rings (SSSR count). The van der Waals surface area contributed by atoms with E-state index in [0.29, 0.717) is 5.56 Å². The van der Waals surface area contributed by atoms with Gasteiger partial charge in [0, 0.05) is 19.7 Å². The van der Waals surface area contributed by atoms with E-state index >= 15 is 0 Å². The standard InChI is InChI=1S/C13H10BrF2IN2/c14-7-1-4-12(17)10(5-7)13(19-18)9-3-2-8(15)6-11(9)16/h1-6,13,19H,18H2. The smallest absolute Gasteiger partial charge is 0.131 e. The number of hydrogen-bond donors (Lipinski definition) is 2. The summed E-state index contributed by atoms with van der Waals surface area (Å²) in [6.45, 7) is 0. The van der Waals surface area contributed by atoms with Crippen LogP contribution in [0.5, 0.6) is 0 Å².